The predicted octanol–water partition coefficient (Wildman–Crippen LogP) is 18.4. The number of hydrogen-bond acceptors (Lipinski definition) is 10. The number of hydrogen-bond donors (Lipinski definition) is 2. The van der Waals surface area contributed by atoms with Crippen LogP contribution in [0.4, 0.5) is 22.7 Å². The molecule has 2 N–H and O–H groups in total. The third-order valence-electron chi connectivity index (χ3n) is 16.1. The van der Waals surface area contributed by atoms with Crippen molar-refractivity contribution in [2.45, 2.75) is 280 Å². The third kappa shape index (κ3) is 27.4. The van der Waals surface area contributed by atoms with E-state index in [0.29, 0.717) is 13.1 Å². The first-order valence-electron chi connectivity index (χ1n) is 31.3. The van der Waals surface area contributed by atoms with Gasteiger partial charge in [0.05, 0.1) is 44.9 Å². The zero-order chi connectivity index (χ0) is 55.5. The van der Waals surface area contributed by atoms with Gasteiger partial charge in [0.15, 0.2) is 0 Å². The summed E-state index contributed by atoms with van der Waals surface area (Å²) in [5.74, 6) is 0. The summed E-state index contributed by atoms with van der Waals surface area (Å²) in [4.78, 5) is 4.09. The van der Waals surface area contributed by atoms with Crippen molar-refractivity contribution in [2.24, 2.45) is 0 Å². The van der Waals surface area contributed by atoms with Gasteiger partial charge in [0.2, 0.25) is 0 Å². The molecule has 0 aromatic heterocycles. The fourth-order valence-electron chi connectivity index (χ4n) is 11.4. The smallest absolute Gasteiger partial charge is 0.744 e. The Morgan fingerprint density at radius 1 is 0.367 bits per heavy atom. The van der Waals surface area contributed by atoms with Crippen molar-refractivity contribution in [3.8, 4) is 0 Å². The van der Waals surface area contributed by atoms with E-state index in [9.17, 15) is 25.9 Å². The molecular formula is C66H102CaN4O6S2. The molecule has 4 aromatic carbocycles. The van der Waals surface area contributed by atoms with Crippen molar-refractivity contribution >= 4 is 80.7 Å². The molecule has 13 heteroatoms. The second-order valence-electron chi connectivity index (χ2n) is 22.7. The molecule has 0 aliphatic carbocycles. The van der Waals surface area contributed by atoms with Crippen molar-refractivity contribution in [3.63, 3.8) is 0 Å². The Hall–Kier alpha value is -2.84. The number of nitrogens with zero attached hydrogens (tertiary/aromatic N) is 2. The van der Waals surface area contributed by atoms with Crippen LogP contribution in [0, 0.1) is 0 Å². The van der Waals surface area contributed by atoms with Crippen LogP contribution in [-0.2, 0) is 33.3 Å². The van der Waals surface area contributed by atoms with Crippen molar-refractivity contribution in [3.05, 3.63) is 108 Å². The topological polar surface area (TPSA) is 145 Å². The zero-order valence-corrected chi connectivity index (χ0v) is 53.0. The van der Waals surface area contributed by atoms with Gasteiger partial charge in [-0.05, 0) is 73.2 Å². The summed E-state index contributed by atoms with van der Waals surface area (Å²) < 4.78 is 69.8. The Morgan fingerprint density at radius 2 is 0.620 bits per heavy atom. The van der Waals surface area contributed by atoms with E-state index in [1.165, 1.54) is 230 Å². The minimum atomic E-state index is -4.49. The SMILES string of the molecule is CCCCCCCCCCCCCCCCCCCC1Nc2ccc(S(=O)(=O)[O-])cc2N1Cc1ccccc1.CCCCCCCCCCCCCCCCCCCC1Nc2ccc(S(=O)(=O)[O-])cc2N1Cc1ccccc1.[Ca+2]. The van der Waals surface area contributed by atoms with Crippen LogP contribution in [0.25, 0.3) is 0 Å². The Kier molecular flexibility index (Phi) is 35.1. The minimum absolute atomic E-state index is 0. The van der Waals surface area contributed by atoms with Crippen LogP contribution in [0.5, 0.6) is 0 Å². The molecule has 0 saturated heterocycles. The van der Waals surface area contributed by atoms with Gasteiger partial charge in [0, 0.05) is 13.1 Å². The molecule has 436 valence electrons. The molecule has 0 fully saturated rings. The van der Waals surface area contributed by atoms with Crippen LogP contribution in [0.15, 0.2) is 107 Å². The maximum absolute atomic E-state index is 11.6. The fraction of sp³-hybridized carbons (Fsp3) is 0.636. The molecule has 2 unspecified atom stereocenters. The van der Waals surface area contributed by atoms with E-state index in [1.807, 2.05) is 36.4 Å². The van der Waals surface area contributed by atoms with E-state index in [1.54, 1.807) is 12.1 Å². The fourth-order valence-corrected chi connectivity index (χ4v) is 12.4. The molecule has 2 atom stereocenters. The maximum atomic E-state index is 11.6. The number of rotatable bonds is 42. The van der Waals surface area contributed by atoms with Gasteiger partial charge in [-0.3, -0.25) is 0 Å². The number of benzene rings is 4. The molecule has 2 aliphatic heterocycles. The van der Waals surface area contributed by atoms with Gasteiger partial charge in [-0.2, -0.15) is 0 Å². The molecule has 10 nitrogen and oxygen atoms in total. The average Bonchev–Trinajstić information content (AvgIpc) is 4.04. The number of unbranched alkanes of at least 4 members (excludes halogenated alkanes) is 32. The normalized spacial score (nSPS) is 14.7. The summed E-state index contributed by atoms with van der Waals surface area (Å²) in [6.45, 7) is 5.91. The van der Waals surface area contributed by atoms with E-state index in [2.05, 4.69) is 58.5 Å². The van der Waals surface area contributed by atoms with Gasteiger partial charge in [0.25, 0.3) is 0 Å². The van der Waals surface area contributed by atoms with Gasteiger partial charge < -0.3 is 29.5 Å². The monoisotopic (exact) mass is 1150 g/mol. The summed E-state index contributed by atoms with van der Waals surface area (Å²) in [7, 11) is -8.98. The van der Waals surface area contributed by atoms with Crippen LogP contribution < -0.4 is 20.4 Å². The molecule has 0 saturated carbocycles. The van der Waals surface area contributed by atoms with Gasteiger partial charge >= 0.3 is 37.7 Å². The first-order valence-corrected chi connectivity index (χ1v) is 34.1. The van der Waals surface area contributed by atoms with Crippen LogP contribution in [0.2, 0.25) is 0 Å². The standard InChI is InChI=1S/2C33H52N2O3S.Ca/c2*1-2-3-4-5-6-7-8-9-10-11-12-13-14-15-16-17-21-24-33-34-31-26-25-30(39(36,37)38)27-32(31)35(33)28-29-22-19-18-20-23-29;/h2*18-20,22-23,25-27,33-34H,2-17,21,24,28H2,1H3,(H,36,37,38);/q;;+2/p-2. The van der Waals surface area contributed by atoms with Crippen LogP contribution >= 0.6 is 0 Å². The molecule has 0 radical (unpaired) electrons. The van der Waals surface area contributed by atoms with Crippen LogP contribution in [0.3, 0.4) is 0 Å². The van der Waals surface area contributed by atoms with E-state index >= 15 is 0 Å². The molecule has 79 heavy (non-hydrogen) atoms. The van der Waals surface area contributed by atoms with Gasteiger partial charge in [-0.1, -0.05) is 280 Å². The first kappa shape index (κ1) is 68.7. The summed E-state index contributed by atoms with van der Waals surface area (Å²) in [6.07, 6.45) is 48.4. The van der Waals surface area contributed by atoms with E-state index < -0.39 is 20.2 Å². The van der Waals surface area contributed by atoms with Crippen molar-refractivity contribution in [2.75, 3.05) is 20.4 Å². The van der Waals surface area contributed by atoms with Crippen LogP contribution in [0.1, 0.15) is 256 Å². The molecule has 0 spiro atoms. The Bertz CT molecular complexity index is 2260. The number of fused-ring (bicyclic) bond motifs is 2. The molecule has 2 heterocycles. The second kappa shape index (κ2) is 40.4. The summed E-state index contributed by atoms with van der Waals surface area (Å²) in [6, 6.07) is 29.7. The van der Waals surface area contributed by atoms with E-state index in [4.69, 9.17) is 0 Å². The average molecular weight is 1150 g/mol. The van der Waals surface area contributed by atoms with Gasteiger partial charge in [-0.25, -0.2) is 16.8 Å². The third-order valence-corrected chi connectivity index (χ3v) is 17.7. The van der Waals surface area contributed by atoms with Crippen molar-refractivity contribution in [1.82, 2.24) is 0 Å². The zero-order valence-electron chi connectivity index (χ0n) is 49.1. The predicted molar refractivity (Wildman–Crippen MR) is 332 cm³/mol. The number of anilines is 4. The quantitative estimate of drug-likeness (QED) is 0.0250. The molecular weight excluding hydrogens is 1050 g/mol. The Labute approximate surface area is 511 Å². The largest absolute Gasteiger partial charge is 2.00 e. The second-order valence-corrected chi connectivity index (χ2v) is 25.5. The van der Waals surface area contributed by atoms with E-state index in [-0.39, 0.29) is 59.9 Å². The first-order chi connectivity index (χ1) is 38.0. The Balaban J connectivity index is 0.000000336. The molecule has 4 aromatic rings. The number of nitrogens with one attached hydrogen (secondary N) is 2. The molecule has 2 aliphatic rings. The molecule has 0 bridgehead atoms. The molecule has 0 amide bonds. The van der Waals surface area contributed by atoms with E-state index in [0.717, 1.165) is 59.6 Å². The Morgan fingerprint density at radius 3 is 0.873 bits per heavy atom. The summed E-state index contributed by atoms with van der Waals surface area (Å²) in [5.41, 5.74) is 5.72. The summed E-state index contributed by atoms with van der Waals surface area (Å²) >= 11 is 0. The summed E-state index contributed by atoms with van der Waals surface area (Å²) in [5, 5.41) is 7.13. The van der Waals surface area contributed by atoms with Crippen molar-refractivity contribution < 1.29 is 25.9 Å². The molecule has 6 rings (SSSR count). The maximum Gasteiger partial charge on any atom is 2.00 e. The van der Waals surface area contributed by atoms with Gasteiger partial charge in [-0.15, -0.1) is 0 Å². The van der Waals surface area contributed by atoms with Crippen molar-refractivity contribution in [1.29, 1.82) is 0 Å². The minimum Gasteiger partial charge on any atom is -0.744 e. The van der Waals surface area contributed by atoms with Gasteiger partial charge in [0.1, 0.15) is 20.2 Å². The van der Waals surface area contributed by atoms with Crippen LogP contribution in [-0.4, -0.2) is 76.0 Å².